The Balaban J connectivity index is 2.17. The number of ether oxygens (including phenoxy) is 1. The van der Waals surface area contributed by atoms with Crippen LogP contribution in [0.15, 0.2) is 40.5 Å². The summed E-state index contributed by atoms with van der Waals surface area (Å²) >= 11 is 0. The smallest absolute Gasteiger partial charge is 0.336 e. The summed E-state index contributed by atoms with van der Waals surface area (Å²) in [7, 11) is 0. The summed E-state index contributed by atoms with van der Waals surface area (Å²) in [6, 6.07) is 6.11. The molecule has 1 aromatic rings. The van der Waals surface area contributed by atoms with E-state index in [4.69, 9.17) is 4.74 Å². The maximum absolute atomic E-state index is 13.9. The summed E-state index contributed by atoms with van der Waals surface area (Å²) < 4.78 is 19.1. The van der Waals surface area contributed by atoms with Gasteiger partial charge in [0.05, 0.1) is 18.1 Å². The lowest BCUT2D eigenvalue weighted by molar-refractivity contribution is -0.139. The molecule has 1 aromatic carbocycles. The van der Waals surface area contributed by atoms with E-state index in [9.17, 15) is 14.0 Å². The molecule has 2 aliphatic rings. The van der Waals surface area contributed by atoms with Gasteiger partial charge in [-0.25, -0.2) is 9.18 Å². The topological polar surface area (TPSA) is 55.7 Å². The summed E-state index contributed by atoms with van der Waals surface area (Å²) in [4.78, 5) is 30.2. The third-order valence-electron chi connectivity index (χ3n) is 5.07. The Morgan fingerprint density at radius 3 is 2.69 bits per heavy atom. The number of aliphatic imine (C=N–C) groups is 1. The summed E-state index contributed by atoms with van der Waals surface area (Å²) in [5.74, 6) is -1.92. The van der Waals surface area contributed by atoms with Crippen molar-refractivity contribution < 1.29 is 18.7 Å². The summed E-state index contributed by atoms with van der Waals surface area (Å²) in [6.07, 6.45) is 1.10. The molecule has 0 spiro atoms. The van der Waals surface area contributed by atoms with Crippen molar-refractivity contribution in [2.24, 2.45) is 16.3 Å². The van der Waals surface area contributed by atoms with E-state index in [-0.39, 0.29) is 17.8 Å². The van der Waals surface area contributed by atoms with Gasteiger partial charge >= 0.3 is 5.97 Å². The number of allylic oxidation sites excluding steroid dienone is 1. The number of nitrogens with zero attached hydrogens (tertiary/aromatic N) is 1. The number of ketones is 1. The number of fused-ring (bicyclic) bond motifs is 1. The van der Waals surface area contributed by atoms with Gasteiger partial charge in [0.2, 0.25) is 0 Å². The minimum Gasteiger partial charge on any atom is -0.463 e. The number of carbonyl (C=O) groups is 2. The van der Waals surface area contributed by atoms with E-state index in [1.165, 1.54) is 12.1 Å². The van der Waals surface area contributed by atoms with Gasteiger partial charge < -0.3 is 4.74 Å². The van der Waals surface area contributed by atoms with Gasteiger partial charge in [0.1, 0.15) is 11.6 Å². The fraction of sp³-hybridized carbons (Fsp3) is 0.476. The monoisotopic (exact) mass is 357 g/mol. The Kier molecular flexibility index (Phi) is 4.82. The second-order valence-electron chi connectivity index (χ2n) is 7.82. The van der Waals surface area contributed by atoms with Crippen LogP contribution in [0.1, 0.15) is 52.0 Å². The maximum atomic E-state index is 13.9. The lowest BCUT2D eigenvalue weighted by atomic mass is 9.63. The van der Waals surface area contributed by atoms with Gasteiger partial charge in [-0.05, 0) is 43.4 Å². The second kappa shape index (κ2) is 6.78. The normalized spacial score (nSPS) is 24.8. The van der Waals surface area contributed by atoms with Gasteiger partial charge in [-0.15, -0.1) is 0 Å². The molecule has 0 aromatic heterocycles. The van der Waals surface area contributed by atoms with Crippen LogP contribution >= 0.6 is 0 Å². The van der Waals surface area contributed by atoms with Crippen molar-refractivity contribution in [1.82, 2.24) is 0 Å². The van der Waals surface area contributed by atoms with Crippen LogP contribution in [0.2, 0.25) is 0 Å². The van der Waals surface area contributed by atoms with Crippen molar-refractivity contribution in [2.75, 3.05) is 6.61 Å². The minimum atomic E-state index is -0.555. The number of halogens is 1. The van der Waals surface area contributed by atoms with Crippen molar-refractivity contribution in [3.8, 4) is 0 Å². The summed E-state index contributed by atoms with van der Waals surface area (Å²) in [5, 5.41) is 0. The Labute approximate surface area is 153 Å². The van der Waals surface area contributed by atoms with Gasteiger partial charge in [-0.3, -0.25) is 9.79 Å². The van der Waals surface area contributed by atoms with E-state index >= 15 is 0 Å². The van der Waals surface area contributed by atoms with Crippen molar-refractivity contribution in [2.45, 2.75) is 46.5 Å². The van der Waals surface area contributed by atoms with Gasteiger partial charge in [-0.2, -0.15) is 0 Å². The average Bonchev–Trinajstić information content (AvgIpc) is 2.52. The number of hydrogen-bond acceptors (Lipinski definition) is 4. The summed E-state index contributed by atoms with van der Waals surface area (Å²) in [6.45, 7) is 7.81. The molecule has 4 nitrogen and oxygen atoms in total. The van der Waals surface area contributed by atoms with E-state index in [0.717, 1.165) is 5.71 Å². The Morgan fingerprint density at radius 1 is 1.31 bits per heavy atom. The third kappa shape index (κ3) is 3.35. The first-order valence-corrected chi connectivity index (χ1v) is 8.97. The molecule has 0 radical (unpaired) electrons. The van der Waals surface area contributed by atoms with Crippen LogP contribution in [0.5, 0.6) is 0 Å². The molecule has 5 heteroatoms. The van der Waals surface area contributed by atoms with Crippen LogP contribution in [-0.2, 0) is 14.3 Å². The van der Waals surface area contributed by atoms with E-state index in [1.54, 1.807) is 26.0 Å². The molecule has 1 aliphatic heterocycles. The van der Waals surface area contributed by atoms with Crippen LogP contribution < -0.4 is 0 Å². The van der Waals surface area contributed by atoms with E-state index in [1.807, 2.05) is 13.8 Å². The van der Waals surface area contributed by atoms with Gasteiger partial charge in [0.15, 0.2) is 0 Å². The quantitative estimate of drug-likeness (QED) is 0.762. The molecule has 1 saturated carbocycles. The zero-order valence-corrected chi connectivity index (χ0v) is 15.6. The highest BCUT2D eigenvalue weighted by Crippen LogP contribution is 2.46. The van der Waals surface area contributed by atoms with E-state index < -0.39 is 23.6 Å². The van der Waals surface area contributed by atoms with Crippen molar-refractivity contribution in [3.63, 3.8) is 0 Å². The molecule has 0 N–H and O–H groups in total. The number of esters is 1. The maximum Gasteiger partial charge on any atom is 0.336 e. The Hall–Kier alpha value is -2.30. The second-order valence-corrected chi connectivity index (χ2v) is 7.82. The Morgan fingerprint density at radius 2 is 2.04 bits per heavy atom. The van der Waals surface area contributed by atoms with Gasteiger partial charge in [0.25, 0.3) is 0 Å². The standard InChI is InChI=1S/C21H24FNO3/c1-5-26-20(25)17-12(2)23-15-10-21(3,4)11-16(24)19(15)18(17)13-7-6-8-14(22)9-13/h6-9,18-19H,5,10-11H2,1-4H3/t18-,19-/m0/s1. The molecule has 138 valence electrons. The molecule has 0 unspecified atom stereocenters. The fourth-order valence-corrected chi connectivity index (χ4v) is 4.13. The predicted molar refractivity (Wildman–Crippen MR) is 97.4 cm³/mol. The molecule has 2 atom stereocenters. The van der Waals surface area contributed by atoms with Gasteiger partial charge in [0, 0.05) is 23.7 Å². The number of carbonyl (C=O) groups excluding carboxylic acids is 2. The molecule has 1 aliphatic carbocycles. The molecule has 0 amide bonds. The molecule has 26 heavy (non-hydrogen) atoms. The summed E-state index contributed by atoms with van der Waals surface area (Å²) in [5.41, 5.74) is 2.14. The third-order valence-corrected chi connectivity index (χ3v) is 5.07. The highest BCUT2D eigenvalue weighted by atomic mass is 19.1. The molecular weight excluding hydrogens is 333 g/mol. The number of Topliss-reactive ketones (excluding diaryl/α,β-unsaturated/α-hetero) is 1. The first kappa shape index (κ1) is 18.5. The zero-order valence-electron chi connectivity index (χ0n) is 15.6. The van der Waals surface area contributed by atoms with E-state index in [0.29, 0.717) is 29.7 Å². The van der Waals surface area contributed by atoms with Crippen molar-refractivity contribution in [3.05, 3.63) is 46.9 Å². The molecule has 3 rings (SSSR count). The van der Waals surface area contributed by atoms with Crippen LogP contribution in [0.25, 0.3) is 0 Å². The predicted octanol–water partition coefficient (Wildman–Crippen LogP) is 4.21. The van der Waals surface area contributed by atoms with Crippen LogP contribution in [-0.4, -0.2) is 24.1 Å². The lowest BCUT2D eigenvalue weighted by Crippen LogP contribution is -2.44. The Bertz CT molecular complexity index is 822. The fourth-order valence-electron chi connectivity index (χ4n) is 4.13. The van der Waals surface area contributed by atoms with Crippen LogP contribution in [0, 0.1) is 17.2 Å². The highest BCUT2D eigenvalue weighted by Gasteiger charge is 2.47. The minimum absolute atomic E-state index is 0.0450. The molecule has 0 bridgehead atoms. The number of benzene rings is 1. The first-order valence-electron chi connectivity index (χ1n) is 8.97. The molecule has 1 heterocycles. The van der Waals surface area contributed by atoms with Crippen molar-refractivity contribution in [1.29, 1.82) is 0 Å². The molecular formula is C21H24FNO3. The van der Waals surface area contributed by atoms with Crippen molar-refractivity contribution >= 4 is 17.5 Å². The number of rotatable bonds is 3. The van der Waals surface area contributed by atoms with Crippen LogP contribution in [0.4, 0.5) is 4.39 Å². The van der Waals surface area contributed by atoms with Gasteiger partial charge in [-0.1, -0.05) is 26.0 Å². The number of hydrogen-bond donors (Lipinski definition) is 0. The highest BCUT2D eigenvalue weighted by molar-refractivity contribution is 6.12. The van der Waals surface area contributed by atoms with E-state index in [2.05, 4.69) is 4.99 Å². The average molecular weight is 357 g/mol. The largest absolute Gasteiger partial charge is 0.463 e. The lowest BCUT2D eigenvalue weighted by Gasteiger charge is -2.41. The molecule has 1 fully saturated rings. The molecule has 0 saturated heterocycles. The zero-order chi connectivity index (χ0) is 19.1. The first-order chi connectivity index (χ1) is 12.2. The van der Waals surface area contributed by atoms with Crippen LogP contribution in [0.3, 0.4) is 0 Å². The SMILES string of the molecule is CCOC(=O)C1=C(C)N=C2CC(C)(C)CC(=O)[C@H]2[C@H]1c1cccc(F)c1.